The monoisotopic (exact) mass is 356 g/mol. The second-order valence-corrected chi connectivity index (χ2v) is 8.83. The Morgan fingerprint density at radius 3 is 2.38 bits per heavy atom. The number of morpholine rings is 1. The molecule has 24 heavy (non-hydrogen) atoms. The minimum absolute atomic E-state index is 0.370. The molecule has 7 nitrogen and oxygen atoms in total. The van der Waals surface area contributed by atoms with Crippen LogP contribution in [-0.2, 0) is 21.4 Å². The minimum Gasteiger partial charge on any atom is -0.379 e. The topological polar surface area (TPSA) is 67.7 Å². The first-order valence-corrected chi connectivity index (χ1v) is 10.2. The van der Waals surface area contributed by atoms with Gasteiger partial charge in [-0.2, -0.15) is 9.40 Å². The van der Waals surface area contributed by atoms with Crippen molar-refractivity contribution < 1.29 is 13.2 Å². The van der Waals surface area contributed by atoms with Crippen molar-refractivity contribution in [2.75, 3.05) is 39.4 Å². The van der Waals surface area contributed by atoms with Gasteiger partial charge in [0.15, 0.2) is 0 Å². The summed E-state index contributed by atoms with van der Waals surface area (Å²) < 4.78 is 34.6. The van der Waals surface area contributed by atoms with Gasteiger partial charge in [-0.05, 0) is 32.6 Å². The van der Waals surface area contributed by atoms with E-state index in [0.717, 1.165) is 24.7 Å². The standard InChI is InChI=1S/C16H28N4O3S/c1-13-4-6-18(7-5-13)12-20-15(3)16(14(2)17-20)24(21,22)19-8-10-23-11-9-19/h13H,4-12H2,1-3H3. The van der Waals surface area contributed by atoms with Crippen LogP contribution in [0.5, 0.6) is 0 Å². The van der Waals surface area contributed by atoms with E-state index in [-0.39, 0.29) is 0 Å². The molecule has 2 saturated heterocycles. The van der Waals surface area contributed by atoms with Gasteiger partial charge in [0.05, 0.1) is 31.3 Å². The lowest BCUT2D eigenvalue weighted by molar-refractivity contribution is 0.0730. The van der Waals surface area contributed by atoms with E-state index in [9.17, 15) is 8.42 Å². The average molecular weight is 356 g/mol. The van der Waals surface area contributed by atoms with E-state index in [1.807, 2.05) is 11.6 Å². The van der Waals surface area contributed by atoms with Crippen molar-refractivity contribution in [3.8, 4) is 0 Å². The molecule has 136 valence electrons. The molecule has 1 aromatic rings. The number of likely N-dealkylation sites (tertiary alicyclic amines) is 1. The van der Waals surface area contributed by atoms with E-state index in [4.69, 9.17) is 4.74 Å². The molecule has 0 spiro atoms. The van der Waals surface area contributed by atoms with Crippen molar-refractivity contribution in [2.45, 2.75) is 45.2 Å². The van der Waals surface area contributed by atoms with Gasteiger partial charge in [0, 0.05) is 26.2 Å². The summed E-state index contributed by atoms with van der Waals surface area (Å²) in [5.74, 6) is 0.777. The van der Waals surface area contributed by atoms with E-state index in [2.05, 4.69) is 16.9 Å². The van der Waals surface area contributed by atoms with Gasteiger partial charge in [0.25, 0.3) is 0 Å². The predicted octanol–water partition coefficient (Wildman–Crippen LogP) is 1.21. The molecular formula is C16H28N4O3S. The Hall–Kier alpha value is -0.960. The third-order valence-corrected chi connectivity index (χ3v) is 7.24. The first-order valence-electron chi connectivity index (χ1n) is 8.74. The molecule has 0 aromatic carbocycles. The number of hydrogen-bond donors (Lipinski definition) is 0. The summed E-state index contributed by atoms with van der Waals surface area (Å²) in [7, 11) is -3.50. The number of hydrogen-bond acceptors (Lipinski definition) is 5. The molecule has 2 aliphatic rings. The lowest BCUT2D eigenvalue weighted by Crippen LogP contribution is -2.41. The number of sulfonamides is 1. The van der Waals surface area contributed by atoms with Crippen molar-refractivity contribution in [3.05, 3.63) is 11.4 Å². The Bertz CT molecular complexity index is 672. The second kappa shape index (κ2) is 7.11. The van der Waals surface area contributed by atoms with Gasteiger partial charge in [0.2, 0.25) is 10.0 Å². The quantitative estimate of drug-likeness (QED) is 0.811. The third kappa shape index (κ3) is 3.51. The number of aryl methyl sites for hydroxylation is 1. The summed E-state index contributed by atoms with van der Waals surface area (Å²) in [4.78, 5) is 2.72. The fourth-order valence-electron chi connectivity index (χ4n) is 3.50. The predicted molar refractivity (Wildman–Crippen MR) is 91.2 cm³/mol. The zero-order valence-electron chi connectivity index (χ0n) is 14.9. The maximum atomic E-state index is 13.0. The molecule has 0 atom stereocenters. The highest BCUT2D eigenvalue weighted by molar-refractivity contribution is 7.89. The van der Waals surface area contributed by atoms with E-state index < -0.39 is 10.0 Å². The van der Waals surface area contributed by atoms with Gasteiger partial charge >= 0.3 is 0 Å². The fraction of sp³-hybridized carbons (Fsp3) is 0.812. The van der Waals surface area contributed by atoms with Crippen LogP contribution < -0.4 is 0 Å². The van der Waals surface area contributed by atoms with E-state index in [0.29, 0.717) is 43.6 Å². The first-order chi connectivity index (χ1) is 11.4. The SMILES string of the molecule is Cc1nn(CN2CCC(C)CC2)c(C)c1S(=O)(=O)N1CCOCC1. The summed E-state index contributed by atoms with van der Waals surface area (Å²) in [6.07, 6.45) is 2.39. The van der Waals surface area contributed by atoms with Crippen LogP contribution in [0.3, 0.4) is 0 Å². The molecule has 0 N–H and O–H groups in total. The molecule has 0 aliphatic carbocycles. The second-order valence-electron chi connectivity index (χ2n) is 6.96. The summed E-state index contributed by atoms with van der Waals surface area (Å²) >= 11 is 0. The Labute approximate surface area is 144 Å². The summed E-state index contributed by atoms with van der Waals surface area (Å²) in [5, 5.41) is 4.52. The summed E-state index contributed by atoms with van der Waals surface area (Å²) in [6, 6.07) is 0. The maximum Gasteiger partial charge on any atom is 0.246 e. The molecule has 8 heteroatoms. The van der Waals surface area contributed by atoms with Gasteiger partial charge < -0.3 is 4.74 Å². The third-order valence-electron chi connectivity index (χ3n) is 5.09. The van der Waals surface area contributed by atoms with Crippen molar-refractivity contribution in [1.82, 2.24) is 19.0 Å². The zero-order chi connectivity index (χ0) is 17.3. The van der Waals surface area contributed by atoms with Gasteiger partial charge in [-0.3, -0.25) is 9.58 Å². The van der Waals surface area contributed by atoms with Crippen LogP contribution in [0.1, 0.15) is 31.2 Å². The van der Waals surface area contributed by atoms with Gasteiger partial charge in [-0.1, -0.05) is 6.92 Å². The highest BCUT2D eigenvalue weighted by Crippen LogP contribution is 2.25. The summed E-state index contributed by atoms with van der Waals surface area (Å²) in [6.45, 7) is 10.4. The Morgan fingerprint density at radius 1 is 1.12 bits per heavy atom. The van der Waals surface area contributed by atoms with Crippen LogP contribution in [0.4, 0.5) is 0 Å². The average Bonchev–Trinajstić information content (AvgIpc) is 2.85. The molecule has 1 aromatic heterocycles. The highest BCUT2D eigenvalue weighted by atomic mass is 32.2. The number of aromatic nitrogens is 2. The van der Waals surface area contributed by atoms with Crippen molar-refractivity contribution in [1.29, 1.82) is 0 Å². The van der Waals surface area contributed by atoms with Crippen LogP contribution in [0.15, 0.2) is 4.90 Å². The number of ether oxygens (including phenoxy) is 1. The van der Waals surface area contributed by atoms with Crippen LogP contribution in [-0.4, -0.2) is 66.8 Å². The van der Waals surface area contributed by atoms with Crippen LogP contribution >= 0.6 is 0 Å². The lowest BCUT2D eigenvalue weighted by atomic mass is 10.00. The number of rotatable bonds is 4. The molecule has 2 aliphatic heterocycles. The molecule has 3 heterocycles. The summed E-state index contributed by atoms with van der Waals surface area (Å²) in [5.41, 5.74) is 1.32. The largest absolute Gasteiger partial charge is 0.379 e. The van der Waals surface area contributed by atoms with Gasteiger partial charge in [-0.25, -0.2) is 8.42 Å². The molecule has 0 bridgehead atoms. The Kier molecular flexibility index (Phi) is 5.29. The lowest BCUT2D eigenvalue weighted by Gasteiger charge is -2.30. The van der Waals surface area contributed by atoms with E-state index >= 15 is 0 Å². The molecular weight excluding hydrogens is 328 g/mol. The van der Waals surface area contributed by atoms with Crippen molar-refractivity contribution in [2.24, 2.45) is 5.92 Å². The molecule has 0 radical (unpaired) electrons. The highest BCUT2D eigenvalue weighted by Gasteiger charge is 2.32. The van der Waals surface area contributed by atoms with Gasteiger partial charge in [0.1, 0.15) is 4.90 Å². The Morgan fingerprint density at radius 2 is 1.75 bits per heavy atom. The van der Waals surface area contributed by atoms with Crippen LogP contribution in [0.2, 0.25) is 0 Å². The minimum atomic E-state index is -3.50. The molecule has 0 saturated carbocycles. The van der Waals surface area contributed by atoms with E-state index in [1.165, 1.54) is 17.1 Å². The molecule has 3 rings (SSSR count). The van der Waals surface area contributed by atoms with Crippen molar-refractivity contribution in [3.63, 3.8) is 0 Å². The number of nitrogens with zero attached hydrogens (tertiary/aromatic N) is 4. The molecule has 0 unspecified atom stereocenters. The number of piperidine rings is 1. The van der Waals surface area contributed by atoms with Gasteiger partial charge in [-0.15, -0.1) is 0 Å². The molecule has 0 amide bonds. The zero-order valence-corrected chi connectivity index (χ0v) is 15.7. The van der Waals surface area contributed by atoms with Crippen LogP contribution in [0.25, 0.3) is 0 Å². The smallest absolute Gasteiger partial charge is 0.246 e. The van der Waals surface area contributed by atoms with Crippen LogP contribution in [0, 0.1) is 19.8 Å². The Balaban J connectivity index is 1.81. The van der Waals surface area contributed by atoms with E-state index in [1.54, 1.807) is 6.92 Å². The maximum absolute atomic E-state index is 13.0. The fourth-order valence-corrected chi connectivity index (χ4v) is 5.28. The van der Waals surface area contributed by atoms with Crippen molar-refractivity contribution >= 4 is 10.0 Å². The normalized spacial score (nSPS) is 22.1. The molecule has 2 fully saturated rings. The first kappa shape index (κ1) is 17.8.